The van der Waals surface area contributed by atoms with Crippen molar-refractivity contribution in [3.8, 4) is 0 Å². The molecule has 29 heavy (non-hydrogen) atoms. The molecule has 0 radical (unpaired) electrons. The van der Waals surface area contributed by atoms with Crippen molar-refractivity contribution in [1.29, 1.82) is 0 Å². The standard InChI is InChI=1S/C22H20FN3O3/c23-16-8-6-15(7-9-16)21(28)25-12-10-17(11-13-25)24-19-14-20(27)26(22(19)29)18-4-2-1-3-5-18/h1-9,17H,10-14H2. The highest BCUT2D eigenvalue weighted by molar-refractivity contribution is 6.56. The van der Waals surface area contributed by atoms with Gasteiger partial charge in [0.1, 0.15) is 11.5 Å². The van der Waals surface area contributed by atoms with Gasteiger partial charge in [0.05, 0.1) is 18.2 Å². The summed E-state index contributed by atoms with van der Waals surface area (Å²) in [5, 5.41) is 0. The van der Waals surface area contributed by atoms with E-state index in [9.17, 15) is 18.8 Å². The van der Waals surface area contributed by atoms with E-state index in [2.05, 4.69) is 4.99 Å². The predicted molar refractivity (Wildman–Crippen MR) is 106 cm³/mol. The van der Waals surface area contributed by atoms with Crippen molar-refractivity contribution in [3.63, 3.8) is 0 Å². The number of carbonyl (C=O) groups is 3. The Morgan fingerprint density at radius 3 is 2.28 bits per heavy atom. The molecule has 2 saturated heterocycles. The fraction of sp³-hybridized carbons (Fsp3) is 0.273. The summed E-state index contributed by atoms with van der Waals surface area (Å²) in [4.78, 5) is 44.9. The third-order valence-electron chi connectivity index (χ3n) is 5.21. The lowest BCUT2D eigenvalue weighted by atomic mass is 10.0. The largest absolute Gasteiger partial charge is 0.338 e. The molecular formula is C22H20FN3O3. The second kappa shape index (κ2) is 7.95. The summed E-state index contributed by atoms with van der Waals surface area (Å²) in [7, 11) is 0. The fourth-order valence-electron chi connectivity index (χ4n) is 3.67. The molecule has 0 bridgehead atoms. The molecule has 4 rings (SSSR count). The summed E-state index contributed by atoms with van der Waals surface area (Å²) in [6, 6.07) is 14.2. The molecule has 2 aromatic carbocycles. The number of para-hydroxylation sites is 1. The van der Waals surface area contributed by atoms with E-state index in [4.69, 9.17) is 0 Å². The number of rotatable bonds is 3. The number of benzene rings is 2. The maximum absolute atomic E-state index is 13.0. The average Bonchev–Trinajstić information content (AvgIpc) is 3.02. The molecule has 2 aliphatic rings. The van der Waals surface area contributed by atoms with Gasteiger partial charge in [0.2, 0.25) is 5.91 Å². The first-order chi connectivity index (χ1) is 14.0. The molecule has 2 aromatic rings. The zero-order chi connectivity index (χ0) is 20.4. The lowest BCUT2D eigenvalue weighted by molar-refractivity contribution is -0.120. The molecule has 2 aliphatic heterocycles. The van der Waals surface area contributed by atoms with Crippen molar-refractivity contribution in [2.45, 2.75) is 25.3 Å². The minimum atomic E-state index is -0.378. The van der Waals surface area contributed by atoms with Crippen LogP contribution < -0.4 is 4.90 Å². The Morgan fingerprint density at radius 2 is 1.62 bits per heavy atom. The van der Waals surface area contributed by atoms with Crippen LogP contribution in [0.3, 0.4) is 0 Å². The Balaban J connectivity index is 1.40. The highest BCUT2D eigenvalue weighted by Gasteiger charge is 2.37. The van der Waals surface area contributed by atoms with Crippen LogP contribution in [0.25, 0.3) is 0 Å². The first-order valence-corrected chi connectivity index (χ1v) is 9.57. The summed E-state index contributed by atoms with van der Waals surface area (Å²) < 4.78 is 13.0. The quantitative estimate of drug-likeness (QED) is 0.753. The number of halogens is 1. The van der Waals surface area contributed by atoms with Crippen LogP contribution in [0.2, 0.25) is 0 Å². The average molecular weight is 393 g/mol. The van der Waals surface area contributed by atoms with Crippen molar-refractivity contribution >= 4 is 29.1 Å². The predicted octanol–water partition coefficient (Wildman–Crippen LogP) is 2.83. The Kier molecular flexibility index (Phi) is 5.20. The first-order valence-electron chi connectivity index (χ1n) is 9.57. The maximum atomic E-state index is 13.0. The van der Waals surface area contributed by atoms with E-state index in [1.54, 1.807) is 29.2 Å². The van der Waals surface area contributed by atoms with Gasteiger partial charge in [-0.3, -0.25) is 19.4 Å². The highest BCUT2D eigenvalue weighted by atomic mass is 19.1. The van der Waals surface area contributed by atoms with Crippen LogP contribution in [-0.2, 0) is 9.59 Å². The number of piperidine rings is 1. The van der Waals surface area contributed by atoms with Gasteiger partial charge in [0.25, 0.3) is 11.8 Å². The van der Waals surface area contributed by atoms with Crippen molar-refractivity contribution in [2.24, 2.45) is 4.99 Å². The lowest BCUT2D eigenvalue weighted by Gasteiger charge is -2.30. The van der Waals surface area contributed by atoms with Gasteiger partial charge in [-0.15, -0.1) is 0 Å². The van der Waals surface area contributed by atoms with Crippen LogP contribution >= 0.6 is 0 Å². The SMILES string of the molecule is O=C(c1ccc(F)cc1)N1CCC(N=C2CC(=O)N(c3ccccc3)C2=O)CC1. The number of hydrogen-bond acceptors (Lipinski definition) is 4. The van der Waals surface area contributed by atoms with Gasteiger partial charge in [0, 0.05) is 18.7 Å². The minimum absolute atomic E-state index is 0.00243. The van der Waals surface area contributed by atoms with Crippen molar-refractivity contribution in [2.75, 3.05) is 18.0 Å². The van der Waals surface area contributed by atoms with Crippen LogP contribution in [0, 0.1) is 5.82 Å². The molecule has 7 heteroatoms. The Morgan fingerprint density at radius 1 is 0.966 bits per heavy atom. The van der Waals surface area contributed by atoms with Crippen LogP contribution in [0.4, 0.5) is 10.1 Å². The summed E-state index contributed by atoms with van der Waals surface area (Å²) in [5.41, 5.74) is 1.28. The van der Waals surface area contributed by atoms with Crippen LogP contribution in [0.1, 0.15) is 29.6 Å². The van der Waals surface area contributed by atoms with E-state index in [0.717, 1.165) is 0 Å². The number of amides is 3. The minimum Gasteiger partial charge on any atom is -0.338 e. The van der Waals surface area contributed by atoms with E-state index in [1.807, 2.05) is 6.07 Å². The molecule has 2 heterocycles. The van der Waals surface area contributed by atoms with Gasteiger partial charge in [0.15, 0.2) is 0 Å². The lowest BCUT2D eigenvalue weighted by Crippen LogP contribution is -2.40. The van der Waals surface area contributed by atoms with Gasteiger partial charge in [-0.05, 0) is 49.2 Å². The molecule has 148 valence electrons. The summed E-state index contributed by atoms with van der Waals surface area (Å²) in [6.07, 6.45) is 1.23. The smallest absolute Gasteiger partial charge is 0.279 e. The van der Waals surface area contributed by atoms with E-state index in [1.165, 1.54) is 29.2 Å². The van der Waals surface area contributed by atoms with Gasteiger partial charge >= 0.3 is 0 Å². The highest BCUT2D eigenvalue weighted by Crippen LogP contribution is 2.23. The molecule has 6 nitrogen and oxygen atoms in total. The van der Waals surface area contributed by atoms with Crippen LogP contribution in [-0.4, -0.2) is 47.5 Å². The Hall–Kier alpha value is -3.35. The summed E-state index contributed by atoms with van der Waals surface area (Å²) in [5.74, 6) is -1.16. The van der Waals surface area contributed by atoms with E-state index in [0.29, 0.717) is 37.2 Å². The third-order valence-corrected chi connectivity index (χ3v) is 5.21. The monoisotopic (exact) mass is 393 g/mol. The molecule has 0 atom stereocenters. The number of carbonyl (C=O) groups excluding carboxylic acids is 3. The molecule has 2 fully saturated rings. The van der Waals surface area contributed by atoms with Gasteiger partial charge in [-0.1, -0.05) is 18.2 Å². The van der Waals surface area contributed by atoms with Crippen molar-refractivity contribution in [3.05, 3.63) is 66.0 Å². The number of hydrogen-bond donors (Lipinski definition) is 0. The van der Waals surface area contributed by atoms with Gasteiger partial charge in [-0.25, -0.2) is 9.29 Å². The number of likely N-dealkylation sites (tertiary alicyclic amines) is 1. The first kappa shape index (κ1) is 19.0. The molecule has 0 saturated carbocycles. The molecule has 0 N–H and O–H groups in total. The molecule has 0 aromatic heterocycles. The Labute approximate surface area is 167 Å². The van der Waals surface area contributed by atoms with E-state index in [-0.39, 0.29) is 41.7 Å². The number of imide groups is 1. The molecule has 0 spiro atoms. The summed E-state index contributed by atoms with van der Waals surface area (Å²) >= 11 is 0. The second-order valence-electron chi connectivity index (χ2n) is 7.15. The van der Waals surface area contributed by atoms with Gasteiger partial charge < -0.3 is 4.90 Å². The number of anilines is 1. The molecule has 0 unspecified atom stereocenters. The fourth-order valence-corrected chi connectivity index (χ4v) is 3.67. The third kappa shape index (κ3) is 3.94. The van der Waals surface area contributed by atoms with Crippen molar-refractivity contribution in [1.82, 2.24) is 4.90 Å². The van der Waals surface area contributed by atoms with E-state index < -0.39 is 0 Å². The molecule has 3 amide bonds. The maximum Gasteiger partial charge on any atom is 0.279 e. The Bertz CT molecular complexity index is 965. The number of nitrogens with zero attached hydrogens (tertiary/aromatic N) is 3. The second-order valence-corrected chi connectivity index (χ2v) is 7.15. The van der Waals surface area contributed by atoms with Crippen LogP contribution in [0.15, 0.2) is 59.6 Å². The zero-order valence-corrected chi connectivity index (χ0v) is 15.8. The molecular weight excluding hydrogens is 373 g/mol. The normalized spacial score (nSPS) is 19.3. The summed E-state index contributed by atoms with van der Waals surface area (Å²) in [6.45, 7) is 1.00. The molecule has 0 aliphatic carbocycles. The topological polar surface area (TPSA) is 70.1 Å². The van der Waals surface area contributed by atoms with Gasteiger partial charge in [-0.2, -0.15) is 0 Å². The van der Waals surface area contributed by atoms with E-state index >= 15 is 0 Å². The van der Waals surface area contributed by atoms with Crippen molar-refractivity contribution < 1.29 is 18.8 Å². The zero-order valence-electron chi connectivity index (χ0n) is 15.8. The number of aliphatic imine (C=N–C) groups is 1. The van der Waals surface area contributed by atoms with Crippen LogP contribution in [0.5, 0.6) is 0 Å².